The predicted molar refractivity (Wildman–Crippen MR) is 54.3 cm³/mol. The van der Waals surface area contributed by atoms with E-state index in [2.05, 4.69) is 23.6 Å². The van der Waals surface area contributed by atoms with Crippen LogP contribution in [0.4, 0.5) is 0 Å². The summed E-state index contributed by atoms with van der Waals surface area (Å²) in [4.78, 5) is 7.03. The van der Waals surface area contributed by atoms with Gasteiger partial charge in [-0.15, -0.1) is 0 Å². The highest BCUT2D eigenvalue weighted by atomic mass is 14.9. The van der Waals surface area contributed by atoms with Crippen LogP contribution in [-0.2, 0) is 0 Å². The van der Waals surface area contributed by atoms with Crippen LogP contribution in [0.25, 0.3) is 0 Å². The fourth-order valence-electron chi connectivity index (χ4n) is 0.507. The van der Waals surface area contributed by atoms with Crippen molar-refractivity contribution in [1.29, 1.82) is 5.41 Å². The van der Waals surface area contributed by atoms with E-state index in [-0.39, 0.29) is 5.84 Å². The van der Waals surface area contributed by atoms with Crippen molar-refractivity contribution < 1.29 is 0 Å². The first-order valence-corrected chi connectivity index (χ1v) is 3.71. The van der Waals surface area contributed by atoms with E-state index in [0.29, 0.717) is 0 Å². The Labute approximate surface area is 72.8 Å². The zero-order valence-corrected chi connectivity index (χ0v) is 7.20. The van der Waals surface area contributed by atoms with Gasteiger partial charge in [-0.05, 0) is 19.2 Å². The molecular weight excluding hydrogens is 150 g/mol. The number of allylic oxidation sites excluding steroid dienone is 3. The number of nitrogens with zero attached hydrogens (tertiary/aromatic N) is 2. The minimum Gasteiger partial charge on any atom is -0.283 e. The molecule has 0 atom stereocenters. The van der Waals surface area contributed by atoms with Crippen LogP contribution < -0.4 is 0 Å². The second kappa shape index (κ2) is 7.60. The Morgan fingerprint density at radius 2 is 2.25 bits per heavy atom. The van der Waals surface area contributed by atoms with Crippen molar-refractivity contribution in [3.8, 4) is 0 Å². The van der Waals surface area contributed by atoms with E-state index in [1.54, 1.807) is 12.2 Å². The molecule has 0 rings (SSSR count). The van der Waals surface area contributed by atoms with Gasteiger partial charge in [-0.3, -0.25) is 10.4 Å². The van der Waals surface area contributed by atoms with Gasteiger partial charge in [0.1, 0.15) is 12.2 Å². The van der Waals surface area contributed by atoms with E-state index >= 15 is 0 Å². The third kappa shape index (κ3) is 6.61. The molecule has 0 aliphatic rings. The molecule has 0 aromatic carbocycles. The molecule has 3 nitrogen and oxygen atoms in total. The zero-order valence-electron chi connectivity index (χ0n) is 7.20. The number of aliphatic imine (C=N–C) groups is 2. The molecule has 0 fully saturated rings. The molecule has 3 heteroatoms. The van der Waals surface area contributed by atoms with Crippen molar-refractivity contribution in [2.75, 3.05) is 0 Å². The monoisotopic (exact) mass is 163 g/mol. The lowest BCUT2D eigenvalue weighted by atomic mass is 10.4. The zero-order chi connectivity index (χ0) is 9.23. The highest BCUT2D eigenvalue weighted by Gasteiger charge is 1.78. The molecule has 0 saturated carbocycles. The maximum Gasteiger partial charge on any atom is 0.146 e. The van der Waals surface area contributed by atoms with Gasteiger partial charge in [0, 0.05) is 0 Å². The fraction of sp³-hybridized carbons (Fsp3) is 0.222. The molecule has 0 bridgehead atoms. The Morgan fingerprint density at radius 1 is 1.50 bits per heavy atom. The van der Waals surface area contributed by atoms with Crippen LogP contribution in [-0.4, -0.2) is 18.9 Å². The lowest BCUT2D eigenvalue weighted by Crippen LogP contribution is -1.83. The van der Waals surface area contributed by atoms with Crippen LogP contribution in [0.1, 0.15) is 13.3 Å². The Balaban J connectivity index is 3.83. The van der Waals surface area contributed by atoms with E-state index in [9.17, 15) is 0 Å². The summed E-state index contributed by atoms with van der Waals surface area (Å²) in [5, 5.41) is 7.22. The third-order valence-corrected chi connectivity index (χ3v) is 1.02. The van der Waals surface area contributed by atoms with Crippen molar-refractivity contribution in [2.45, 2.75) is 13.3 Å². The maximum absolute atomic E-state index is 7.22. The van der Waals surface area contributed by atoms with Gasteiger partial charge >= 0.3 is 0 Å². The van der Waals surface area contributed by atoms with Gasteiger partial charge in [-0.1, -0.05) is 25.2 Å². The molecule has 0 unspecified atom stereocenters. The Kier molecular flexibility index (Phi) is 6.64. The quantitative estimate of drug-likeness (QED) is 0.375. The van der Waals surface area contributed by atoms with Crippen LogP contribution in [0.15, 0.2) is 34.3 Å². The predicted octanol–water partition coefficient (Wildman–Crippen LogP) is 2.21. The molecule has 0 aliphatic heterocycles. The molecule has 64 valence electrons. The van der Waals surface area contributed by atoms with Crippen molar-refractivity contribution in [2.24, 2.45) is 9.98 Å². The summed E-state index contributed by atoms with van der Waals surface area (Å²) >= 11 is 0. The van der Waals surface area contributed by atoms with Gasteiger partial charge in [0.25, 0.3) is 0 Å². The average molecular weight is 163 g/mol. The lowest BCUT2D eigenvalue weighted by molar-refractivity contribution is 1.22. The highest BCUT2D eigenvalue weighted by molar-refractivity contribution is 5.96. The van der Waals surface area contributed by atoms with Gasteiger partial charge in [0.05, 0.1) is 0 Å². The second-order valence-corrected chi connectivity index (χ2v) is 2.01. The van der Waals surface area contributed by atoms with Crippen LogP contribution >= 0.6 is 0 Å². The standard InChI is InChI=1S/C9H13N3/c1-3-4-5-6-7-9(10)12-8-11-2/h4-8,10H,2-3H2,1H3/b5-4-,7-6+,10-9?,12-8-. The van der Waals surface area contributed by atoms with Gasteiger partial charge in [0.15, 0.2) is 0 Å². The first kappa shape index (κ1) is 10.5. The summed E-state index contributed by atoms with van der Waals surface area (Å²) in [6.45, 7) is 5.26. The fourth-order valence-corrected chi connectivity index (χ4v) is 0.507. The van der Waals surface area contributed by atoms with E-state index in [1.807, 2.05) is 12.2 Å². The summed E-state index contributed by atoms with van der Waals surface area (Å²) < 4.78 is 0. The number of rotatable bonds is 4. The molecule has 12 heavy (non-hydrogen) atoms. The summed E-state index contributed by atoms with van der Waals surface area (Å²) in [7, 11) is 0. The number of nitrogens with one attached hydrogen (secondary N) is 1. The molecular formula is C9H13N3. The van der Waals surface area contributed by atoms with E-state index in [0.717, 1.165) is 6.42 Å². The summed E-state index contributed by atoms with van der Waals surface area (Å²) in [6, 6.07) is 0. The first-order valence-electron chi connectivity index (χ1n) is 3.71. The molecule has 0 radical (unpaired) electrons. The lowest BCUT2D eigenvalue weighted by Gasteiger charge is -1.82. The molecule has 0 aliphatic carbocycles. The number of hydrogen-bond acceptors (Lipinski definition) is 1. The third-order valence-electron chi connectivity index (χ3n) is 1.02. The minimum atomic E-state index is 0.170. The Hall–Kier alpha value is -1.51. The summed E-state index contributed by atoms with van der Waals surface area (Å²) in [5.41, 5.74) is 0. The van der Waals surface area contributed by atoms with Gasteiger partial charge < -0.3 is 0 Å². The first-order chi connectivity index (χ1) is 5.81. The smallest absolute Gasteiger partial charge is 0.146 e. The van der Waals surface area contributed by atoms with Crippen molar-refractivity contribution in [3.63, 3.8) is 0 Å². The van der Waals surface area contributed by atoms with E-state index in [4.69, 9.17) is 5.41 Å². The SMILES string of the molecule is C=N/C=N\C(=N)/C=C/C=C\CC. The van der Waals surface area contributed by atoms with Crippen LogP contribution in [0.2, 0.25) is 0 Å². The Bertz CT molecular complexity index is 224. The number of hydrogen-bond donors (Lipinski definition) is 1. The van der Waals surface area contributed by atoms with Crippen molar-refractivity contribution in [1.82, 2.24) is 0 Å². The normalized spacial score (nSPS) is 11.8. The topological polar surface area (TPSA) is 48.6 Å². The second-order valence-electron chi connectivity index (χ2n) is 2.01. The number of amidine groups is 1. The molecule has 1 N–H and O–H groups in total. The van der Waals surface area contributed by atoms with Crippen molar-refractivity contribution in [3.05, 3.63) is 24.3 Å². The largest absolute Gasteiger partial charge is 0.283 e. The van der Waals surface area contributed by atoms with Gasteiger partial charge in [-0.2, -0.15) is 0 Å². The molecule has 0 aromatic heterocycles. The minimum absolute atomic E-state index is 0.170. The van der Waals surface area contributed by atoms with Crippen LogP contribution in [0.5, 0.6) is 0 Å². The molecule has 0 spiro atoms. The summed E-state index contributed by atoms with van der Waals surface area (Å²) in [5.74, 6) is 0.170. The van der Waals surface area contributed by atoms with E-state index in [1.165, 1.54) is 6.34 Å². The molecule has 0 saturated heterocycles. The van der Waals surface area contributed by atoms with Crippen LogP contribution in [0, 0.1) is 5.41 Å². The Morgan fingerprint density at radius 3 is 2.83 bits per heavy atom. The van der Waals surface area contributed by atoms with Gasteiger partial charge in [0.2, 0.25) is 0 Å². The molecule has 0 amide bonds. The van der Waals surface area contributed by atoms with Gasteiger partial charge in [-0.25, -0.2) is 4.99 Å². The highest BCUT2D eigenvalue weighted by Crippen LogP contribution is 1.84. The molecule has 0 aromatic rings. The summed E-state index contributed by atoms with van der Waals surface area (Å²) in [6.07, 6.45) is 9.48. The van der Waals surface area contributed by atoms with Crippen LogP contribution in [0.3, 0.4) is 0 Å². The van der Waals surface area contributed by atoms with Crippen molar-refractivity contribution >= 4 is 18.9 Å². The maximum atomic E-state index is 7.22. The van der Waals surface area contributed by atoms with E-state index < -0.39 is 0 Å². The average Bonchev–Trinajstić information content (AvgIpc) is 2.09. The molecule has 0 heterocycles.